The third-order valence-corrected chi connectivity index (χ3v) is 7.11. The first-order valence-electron chi connectivity index (χ1n) is 12.0. The maximum absolute atomic E-state index is 12.7. The van der Waals surface area contributed by atoms with Crippen molar-refractivity contribution >= 4 is 11.8 Å². The van der Waals surface area contributed by atoms with Gasteiger partial charge in [-0.2, -0.15) is 4.98 Å². The Hall–Kier alpha value is -2.75. The molecule has 176 valence electrons. The molecule has 3 aliphatic rings. The van der Waals surface area contributed by atoms with Gasteiger partial charge in [0.25, 0.3) is 0 Å². The van der Waals surface area contributed by atoms with Crippen LogP contribution in [0.3, 0.4) is 0 Å². The topological polar surface area (TPSA) is 117 Å². The summed E-state index contributed by atoms with van der Waals surface area (Å²) in [6.45, 7) is 3.89. The van der Waals surface area contributed by atoms with E-state index in [2.05, 4.69) is 33.1 Å². The van der Waals surface area contributed by atoms with Crippen LogP contribution in [0.2, 0.25) is 0 Å². The predicted molar refractivity (Wildman–Crippen MR) is 128 cm³/mol. The van der Waals surface area contributed by atoms with Crippen LogP contribution >= 0.6 is 0 Å². The number of aromatic nitrogens is 2. The Labute approximate surface area is 193 Å². The van der Waals surface area contributed by atoms with E-state index in [0.29, 0.717) is 25.2 Å². The molecule has 1 saturated heterocycles. The van der Waals surface area contributed by atoms with Crippen LogP contribution in [0.5, 0.6) is 0 Å². The van der Waals surface area contributed by atoms with E-state index in [1.54, 1.807) is 17.2 Å². The normalized spacial score (nSPS) is 24.6. The predicted octanol–water partition coefficient (Wildman–Crippen LogP) is 0.854. The molecule has 33 heavy (non-hydrogen) atoms. The van der Waals surface area contributed by atoms with E-state index in [4.69, 9.17) is 5.73 Å². The van der Waals surface area contributed by atoms with Crippen molar-refractivity contribution in [2.75, 3.05) is 38.0 Å². The zero-order chi connectivity index (χ0) is 22.8. The molecule has 1 aromatic heterocycles. The fourth-order valence-corrected chi connectivity index (χ4v) is 5.08. The molecule has 1 saturated carbocycles. The summed E-state index contributed by atoms with van der Waals surface area (Å²) in [5, 5.41) is 9.67. The molecular formula is C24H33N7O2. The molecule has 2 aliphatic carbocycles. The second-order valence-corrected chi connectivity index (χ2v) is 9.53. The lowest BCUT2D eigenvalue weighted by Crippen LogP contribution is -2.48. The van der Waals surface area contributed by atoms with Crippen molar-refractivity contribution in [1.29, 1.82) is 0 Å². The van der Waals surface area contributed by atoms with Gasteiger partial charge in [-0.05, 0) is 73.9 Å². The lowest BCUT2D eigenvalue weighted by molar-refractivity contribution is 0.204. The molecular weight excluding hydrogens is 418 g/mol. The van der Waals surface area contributed by atoms with Crippen molar-refractivity contribution in [3.63, 3.8) is 0 Å². The molecule has 1 unspecified atom stereocenters. The van der Waals surface area contributed by atoms with Crippen LogP contribution in [-0.2, 0) is 12.8 Å². The number of benzene rings is 1. The first-order chi connectivity index (χ1) is 16.0. The van der Waals surface area contributed by atoms with Crippen LogP contribution in [0.25, 0.3) is 5.69 Å². The van der Waals surface area contributed by atoms with Crippen molar-refractivity contribution < 1.29 is 4.79 Å². The minimum absolute atomic E-state index is 0.224. The van der Waals surface area contributed by atoms with Crippen LogP contribution in [-0.4, -0.2) is 65.3 Å². The number of urea groups is 1. The zero-order valence-electron chi connectivity index (χ0n) is 18.9. The van der Waals surface area contributed by atoms with E-state index in [9.17, 15) is 9.59 Å². The molecule has 1 aliphatic heterocycles. The quantitative estimate of drug-likeness (QED) is 0.536. The smallest absolute Gasteiger partial charge is 0.328 e. The van der Waals surface area contributed by atoms with Gasteiger partial charge in [0.1, 0.15) is 5.82 Å². The standard InChI is InChI=1S/C24H33N7O2/c25-19-11-16(12-19)15-27-20-3-1-18-14-21(4-2-17(18)13-20)31-8-5-22(29-24(31)33)28-23(32)30-9-6-26-7-10-30/h2,4-5,8,14,16,19-20,26-27H,1,3,6-7,9-13,15,25H2,(H,28,29,32,33)/t16-,19+,20?. The lowest BCUT2D eigenvalue weighted by Gasteiger charge is -2.35. The molecule has 2 aromatic rings. The molecule has 2 heterocycles. The Morgan fingerprint density at radius 3 is 2.76 bits per heavy atom. The van der Waals surface area contributed by atoms with Crippen LogP contribution in [0.15, 0.2) is 35.3 Å². The van der Waals surface area contributed by atoms with Gasteiger partial charge in [-0.3, -0.25) is 9.88 Å². The van der Waals surface area contributed by atoms with Gasteiger partial charge in [0.15, 0.2) is 0 Å². The highest BCUT2D eigenvalue weighted by Crippen LogP contribution is 2.27. The van der Waals surface area contributed by atoms with E-state index in [1.165, 1.54) is 15.7 Å². The highest BCUT2D eigenvalue weighted by molar-refractivity contribution is 5.88. The number of piperazine rings is 1. The third-order valence-electron chi connectivity index (χ3n) is 7.11. The molecule has 2 fully saturated rings. The van der Waals surface area contributed by atoms with Gasteiger partial charge < -0.3 is 21.3 Å². The number of amides is 2. The van der Waals surface area contributed by atoms with E-state index < -0.39 is 5.69 Å². The Morgan fingerprint density at radius 2 is 2.00 bits per heavy atom. The number of aryl methyl sites for hydroxylation is 1. The summed E-state index contributed by atoms with van der Waals surface area (Å²) < 4.78 is 1.53. The number of rotatable bonds is 5. The fourth-order valence-electron chi connectivity index (χ4n) is 5.08. The number of fused-ring (bicyclic) bond motifs is 1. The second kappa shape index (κ2) is 9.62. The van der Waals surface area contributed by atoms with Crippen LogP contribution < -0.4 is 27.4 Å². The van der Waals surface area contributed by atoms with Gasteiger partial charge in [-0.25, -0.2) is 9.59 Å². The Kier molecular flexibility index (Phi) is 6.43. The molecule has 5 rings (SSSR count). The average Bonchev–Trinajstić information content (AvgIpc) is 2.81. The van der Waals surface area contributed by atoms with Crippen molar-refractivity contribution in [3.8, 4) is 5.69 Å². The minimum Gasteiger partial charge on any atom is -0.328 e. The molecule has 0 bridgehead atoms. The van der Waals surface area contributed by atoms with E-state index in [-0.39, 0.29) is 11.8 Å². The van der Waals surface area contributed by atoms with E-state index in [0.717, 1.165) is 63.3 Å². The molecule has 0 spiro atoms. The summed E-state index contributed by atoms with van der Waals surface area (Å²) in [6.07, 6.45) is 7.06. The Morgan fingerprint density at radius 1 is 1.18 bits per heavy atom. The third kappa shape index (κ3) is 5.10. The fraction of sp³-hybridized carbons (Fsp3) is 0.542. The van der Waals surface area contributed by atoms with Gasteiger partial charge >= 0.3 is 11.7 Å². The van der Waals surface area contributed by atoms with Gasteiger partial charge in [-0.15, -0.1) is 0 Å². The highest BCUT2D eigenvalue weighted by atomic mass is 16.2. The van der Waals surface area contributed by atoms with Crippen molar-refractivity contribution in [2.24, 2.45) is 11.7 Å². The first-order valence-corrected chi connectivity index (χ1v) is 12.0. The number of carbonyl (C=O) groups is 1. The number of hydrogen-bond donors (Lipinski definition) is 4. The van der Waals surface area contributed by atoms with E-state index >= 15 is 0 Å². The van der Waals surface area contributed by atoms with Gasteiger partial charge in [0.2, 0.25) is 0 Å². The van der Waals surface area contributed by atoms with Crippen LogP contribution in [0.4, 0.5) is 10.6 Å². The number of nitrogens with one attached hydrogen (secondary N) is 3. The van der Waals surface area contributed by atoms with E-state index in [1.807, 2.05) is 6.07 Å². The van der Waals surface area contributed by atoms with Gasteiger partial charge in [0, 0.05) is 44.5 Å². The van der Waals surface area contributed by atoms with Crippen LogP contribution in [0, 0.1) is 5.92 Å². The number of nitrogens with zero attached hydrogens (tertiary/aromatic N) is 3. The molecule has 1 aromatic carbocycles. The molecule has 0 radical (unpaired) electrons. The summed E-state index contributed by atoms with van der Waals surface area (Å²) in [7, 11) is 0. The zero-order valence-corrected chi connectivity index (χ0v) is 18.9. The Balaban J connectivity index is 1.22. The monoisotopic (exact) mass is 451 g/mol. The first kappa shape index (κ1) is 22.1. The number of carbonyl (C=O) groups excluding carboxylic acids is 1. The molecule has 2 amide bonds. The maximum Gasteiger partial charge on any atom is 0.354 e. The summed E-state index contributed by atoms with van der Waals surface area (Å²) in [5.74, 6) is 1.01. The van der Waals surface area contributed by atoms with Crippen molar-refractivity contribution in [3.05, 3.63) is 52.1 Å². The summed E-state index contributed by atoms with van der Waals surface area (Å²) >= 11 is 0. The lowest BCUT2D eigenvalue weighted by atomic mass is 9.80. The summed E-state index contributed by atoms with van der Waals surface area (Å²) in [5.41, 5.74) is 8.93. The van der Waals surface area contributed by atoms with Crippen molar-refractivity contribution in [1.82, 2.24) is 25.1 Å². The van der Waals surface area contributed by atoms with Crippen LogP contribution in [0.1, 0.15) is 30.4 Å². The largest absolute Gasteiger partial charge is 0.354 e. The maximum atomic E-state index is 12.7. The molecule has 9 heteroatoms. The second-order valence-electron chi connectivity index (χ2n) is 9.53. The molecule has 1 atom stereocenters. The number of anilines is 1. The number of hydrogen-bond acceptors (Lipinski definition) is 6. The van der Waals surface area contributed by atoms with Gasteiger partial charge in [-0.1, -0.05) is 6.07 Å². The highest BCUT2D eigenvalue weighted by Gasteiger charge is 2.27. The Bertz CT molecular complexity index is 1060. The number of nitrogens with two attached hydrogens (primary N) is 1. The molecule has 5 N–H and O–H groups in total. The van der Waals surface area contributed by atoms with Gasteiger partial charge in [0.05, 0.1) is 5.69 Å². The molecule has 9 nitrogen and oxygen atoms in total. The average molecular weight is 452 g/mol. The summed E-state index contributed by atoms with van der Waals surface area (Å²) in [4.78, 5) is 30.9. The summed E-state index contributed by atoms with van der Waals surface area (Å²) in [6, 6.07) is 8.56. The SMILES string of the molecule is N[C@H]1C[C@@H](CNC2CCc3cc(-n4ccc(NC(=O)N5CCNCC5)nc4=O)ccc3C2)C1. The van der Waals surface area contributed by atoms with Crippen molar-refractivity contribution in [2.45, 2.75) is 44.2 Å². The minimum atomic E-state index is -0.401.